The lowest BCUT2D eigenvalue weighted by Crippen LogP contribution is -2.05. The minimum atomic E-state index is -4.32. The Morgan fingerprint density at radius 2 is 1.94 bits per heavy atom. The third kappa shape index (κ3) is 1.61. The summed E-state index contributed by atoms with van der Waals surface area (Å²) in [6.45, 7) is 0. The zero-order valence-electron chi connectivity index (χ0n) is 10.0. The molecule has 3 rings (SSSR count). The fraction of sp³-hybridized carbons (Fsp3) is 0.462. The Balaban J connectivity index is 2.28. The molecule has 0 saturated carbocycles. The van der Waals surface area contributed by atoms with Crippen LogP contribution < -0.4 is 0 Å². The second kappa shape index (κ2) is 3.73. The van der Waals surface area contributed by atoms with E-state index < -0.39 is 11.7 Å². The molecule has 1 aliphatic rings. The van der Waals surface area contributed by atoms with Crippen LogP contribution in [0.2, 0.25) is 0 Å². The summed E-state index contributed by atoms with van der Waals surface area (Å²) < 4.78 is 40.1. The molecule has 2 heterocycles. The lowest BCUT2D eigenvalue weighted by molar-refractivity contribution is -0.137. The molecule has 5 heteroatoms. The average Bonchev–Trinajstić information content (AvgIpc) is 2.63. The number of rotatable bonds is 0. The molecular weight excluding hydrogens is 241 g/mol. The molecule has 2 aromatic rings. The van der Waals surface area contributed by atoms with E-state index in [0.29, 0.717) is 11.0 Å². The molecule has 0 unspecified atom stereocenters. The van der Waals surface area contributed by atoms with Gasteiger partial charge in [0.15, 0.2) is 0 Å². The molecule has 2 aromatic heterocycles. The minimum absolute atomic E-state index is 0.658. The van der Waals surface area contributed by atoms with Crippen molar-refractivity contribution in [1.82, 2.24) is 9.55 Å². The Hall–Kier alpha value is -1.52. The van der Waals surface area contributed by atoms with Gasteiger partial charge in [0.2, 0.25) is 0 Å². The summed E-state index contributed by atoms with van der Waals surface area (Å²) in [5.74, 6) is 0. The number of aryl methyl sites for hydroxylation is 2. The summed E-state index contributed by atoms with van der Waals surface area (Å²) in [7, 11) is 1.88. The van der Waals surface area contributed by atoms with Crippen molar-refractivity contribution >= 4 is 11.0 Å². The van der Waals surface area contributed by atoms with Gasteiger partial charge in [-0.15, -0.1) is 0 Å². The molecule has 2 nitrogen and oxygen atoms in total. The van der Waals surface area contributed by atoms with E-state index >= 15 is 0 Å². The molecule has 0 spiro atoms. The van der Waals surface area contributed by atoms with Crippen LogP contribution in [0.25, 0.3) is 11.0 Å². The predicted octanol–water partition coefficient (Wildman–Crippen LogP) is 3.47. The van der Waals surface area contributed by atoms with E-state index in [1.54, 1.807) is 0 Å². The SMILES string of the molecule is Cn1c2c(c3cc(C(F)(F)F)cnc31)CCCC2. The number of hydrogen-bond acceptors (Lipinski definition) is 1. The van der Waals surface area contributed by atoms with Gasteiger partial charge in [-0.3, -0.25) is 0 Å². The molecule has 0 radical (unpaired) electrons. The monoisotopic (exact) mass is 254 g/mol. The number of fused-ring (bicyclic) bond motifs is 3. The highest BCUT2D eigenvalue weighted by molar-refractivity contribution is 5.83. The topological polar surface area (TPSA) is 17.8 Å². The van der Waals surface area contributed by atoms with Crippen LogP contribution in [-0.4, -0.2) is 9.55 Å². The van der Waals surface area contributed by atoms with Crippen LogP contribution in [0.15, 0.2) is 12.3 Å². The van der Waals surface area contributed by atoms with Gasteiger partial charge >= 0.3 is 6.18 Å². The molecular formula is C13H13F3N2. The predicted molar refractivity (Wildman–Crippen MR) is 62.4 cm³/mol. The van der Waals surface area contributed by atoms with Crippen LogP contribution in [-0.2, 0) is 26.1 Å². The summed E-state index contributed by atoms with van der Waals surface area (Å²) in [5.41, 5.74) is 2.20. The molecule has 1 aliphatic carbocycles. The van der Waals surface area contributed by atoms with Crippen molar-refractivity contribution in [2.45, 2.75) is 31.9 Å². The summed E-state index contributed by atoms with van der Waals surface area (Å²) >= 11 is 0. The third-order valence-corrected chi connectivity index (χ3v) is 3.68. The largest absolute Gasteiger partial charge is 0.417 e. The molecule has 0 amide bonds. The van der Waals surface area contributed by atoms with Crippen molar-refractivity contribution < 1.29 is 13.2 Å². The Bertz CT molecular complexity index is 611. The van der Waals surface area contributed by atoms with E-state index in [-0.39, 0.29) is 0 Å². The number of aromatic nitrogens is 2. The van der Waals surface area contributed by atoms with Crippen LogP contribution in [0.3, 0.4) is 0 Å². The maximum Gasteiger partial charge on any atom is 0.417 e. The first-order valence-electron chi connectivity index (χ1n) is 6.02. The summed E-state index contributed by atoms with van der Waals surface area (Å²) in [6, 6.07) is 1.24. The van der Waals surface area contributed by atoms with E-state index in [0.717, 1.165) is 43.1 Å². The summed E-state index contributed by atoms with van der Waals surface area (Å²) in [6.07, 6.45) is 0.539. The second-order valence-corrected chi connectivity index (χ2v) is 4.78. The Kier molecular flexibility index (Phi) is 2.40. The molecule has 0 aromatic carbocycles. The van der Waals surface area contributed by atoms with Gasteiger partial charge in [0, 0.05) is 24.3 Å². The van der Waals surface area contributed by atoms with Crippen molar-refractivity contribution in [2.24, 2.45) is 7.05 Å². The molecule has 0 fully saturated rings. The molecule has 0 saturated heterocycles. The quantitative estimate of drug-likeness (QED) is 0.704. The molecule has 0 atom stereocenters. The first kappa shape index (κ1) is 11.6. The Morgan fingerprint density at radius 3 is 2.67 bits per heavy atom. The minimum Gasteiger partial charge on any atom is -0.332 e. The van der Waals surface area contributed by atoms with Gasteiger partial charge in [-0.2, -0.15) is 13.2 Å². The van der Waals surface area contributed by atoms with Gasteiger partial charge in [-0.1, -0.05) is 0 Å². The first-order chi connectivity index (χ1) is 8.48. The van der Waals surface area contributed by atoms with Crippen LogP contribution >= 0.6 is 0 Å². The van der Waals surface area contributed by atoms with Crippen LogP contribution in [0.4, 0.5) is 13.2 Å². The van der Waals surface area contributed by atoms with E-state index in [2.05, 4.69) is 4.98 Å². The highest BCUT2D eigenvalue weighted by Gasteiger charge is 2.32. The van der Waals surface area contributed by atoms with Crippen molar-refractivity contribution in [1.29, 1.82) is 0 Å². The second-order valence-electron chi connectivity index (χ2n) is 4.78. The third-order valence-electron chi connectivity index (χ3n) is 3.68. The van der Waals surface area contributed by atoms with Gasteiger partial charge in [-0.25, -0.2) is 4.98 Å². The number of nitrogens with zero attached hydrogens (tertiary/aromatic N) is 2. The van der Waals surface area contributed by atoms with Crippen molar-refractivity contribution in [3.63, 3.8) is 0 Å². The van der Waals surface area contributed by atoms with E-state index in [1.807, 2.05) is 11.6 Å². The average molecular weight is 254 g/mol. The number of halogens is 3. The maximum atomic E-state index is 12.7. The number of hydrogen-bond donors (Lipinski definition) is 0. The van der Waals surface area contributed by atoms with Crippen LogP contribution in [0.5, 0.6) is 0 Å². The fourth-order valence-corrected chi connectivity index (χ4v) is 2.78. The fourth-order valence-electron chi connectivity index (χ4n) is 2.78. The zero-order chi connectivity index (χ0) is 12.9. The molecule has 96 valence electrons. The van der Waals surface area contributed by atoms with Gasteiger partial charge in [-0.05, 0) is 37.3 Å². The van der Waals surface area contributed by atoms with Gasteiger partial charge in [0.25, 0.3) is 0 Å². The maximum absolute atomic E-state index is 12.7. The van der Waals surface area contributed by atoms with E-state index in [1.165, 1.54) is 6.07 Å². The number of pyridine rings is 1. The summed E-state index contributed by atoms with van der Waals surface area (Å²) in [4.78, 5) is 4.00. The van der Waals surface area contributed by atoms with Gasteiger partial charge < -0.3 is 4.57 Å². The Labute approximate surface area is 102 Å². The standard InChI is InChI=1S/C13H13F3N2/c1-18-11-5-3-2-4-9(11)10-6-8(13(14,15)16)7-17-12(10)18/h6-7H,2-5H2,1H3. The van der Waals surface area contributed by atoms with Gasteiger partial charge in [0.05, 0.1) is 5.56 Å². The molecule has 0 N–H and O–H groups in total. The zero-order valence-corrected chi connectivity index (χ0v) is 10.0. The highest BCUT2D eigenvalue weighted by atomic mass is 19.4. The van der Waals surface area contributed by atoms with Crippen LogP contribution in [0, 0.1) is 0 Å². The van der Waals surface area contributed by atoms with Gasteiger partial charge in [0.1, 0.15) is 5.65 Å². The van der Waals surface area contributed by atoms with E-state index in [4.69, 9.17) is 0 Å². The molecule has 0 aliphatic heterocycles. The van der Waals surface area contributed by atoms with E-state index in [9.17, 15) is 13.2 Å². The normalized spacial score (nSPS) is 16.0. The van der Waals surface area contributed by atoms with Crippen LogP contribution in [0.1, 0.15) is 29.7 Å². The lowest BCUT2D eigenvalue weighted by atomic mass is 9.95. The van der Waals surface area contributed by atoms with Crippen molar-refractivity contribution in [2.75, 3.05) is 0 Å². The van der Waals surface area contributed by atoms with Crippen molar-refractivity contribution in [3.05, 3.63) is 29.1 Å². The molecule has 0 bridgehead atoms. The van der Waals surface area contributed by atoms with Crippen molar-refractivity contribution in [3.8, 4) is 0 Å². The highest BCUT2D eigenvalue weighted by Crippen LogP contribution is 2.35. The smallest absolute Gasteiger partial charge is 0.332 e. The summed E-state index contributed by atoms with van der Waals surface area (Å²) in [5, 5.41) is 0.669. The lowest BCUT2D eigenvalue weighted by Gasteiger charge is -2.12. The molecule has 18 heavy (non-hydrogen) atoms. The Morgan fingerprint density at radius 1 is 1.22 bits per heavy atom. The number of alkyl halides is 3. The first-order valence-corrected chi connectivity index (χ1v) is 6.02.